The molecular weight excluding hydrogens is 308 g/mol. The molecule has 2 N–H and O–H groups in total. The molecule has 1 saturated heterocycles. The molecule has 1 aliphatic rings. The minimum Gasteiger partial charge on any atom is -0.444 e. The zero-order chi connectivity index (χ0) is 17.5. The fourth-order valence-electron chi connectivity index (χ4n) is 2.92. The van der Waals surface area contributed by atoms with Gasteiger partial charge in [0.25, 0.3) is 0 Å². The van der Waals surface area contributed by atoms with Gasteiger partial charge in [-0.25, -0.2) is 4.79 Å². The lowest BCUT2D eigenvalue weighted by Crippen LogP contribution is -2.50. The number of unbranched alkanes of at least 4 members (excludes halogenated alkanes) is 1. The monoisotopic (exact) mass is 344 g/mol. The molecule has 0 saturated carbocycles. The second-order valence-corrected chi connectivity index (χ2v) is 9.50. The molecule has 0 aromatic carbocycles. The highest BCUT2D eigenvalue weighted by atomic mass is 32.2. The molecule has 0 spiro atoms. The molecule has 1 heterocycles. The average Bonchev–Trinajstić information content (AvgIpc) is 2.38. The molecule has 2 unspecified atom stereocenters. The SMILES string of the molecule is CCCCC(CNC(=O)OC(C)(C)C)NC1CSCC(C)(C)C1. The summed E-state index contributed by atoms with van der Waals surface area (Å²) in [5, 5.41) is 6.70. The first kappa shape index (κ1) is 20.6. The van der Waals surface area contributed by atoms with Crippen molar-refractivity contribution in [2.75, 3.05) is 18.1 Å². The Morgan fingerprint density at radius 1 is 1.39 bits per heavy atom. The predicted molar refractivity (Wildman–Crippen MR) is 100 cm³/mol. The van der Waals surface area contributed by atoms with Crippen LogP contribution in [0.2, 0.25) is 0 Å². The topological polar surface area (TPSA) is 50.4 Å². The molecule has 1 fully saturated rings. The fourth-order valence-corrected chi connectivity index (χ4v) is 4.21. The Hall–Kier alpha value is -0.420. The van der Waals surface area contributed by atoms with Gasteiger partial charge < -0.3 is 15.4 Å². The quantitative estimate of drug-likeness (QED) is 0.727. The summed E-state index contributed by atoms with van der Waals surface area (Å²) in [5.74, 6) is 2.40. The molecule has 4 nitrogen and oxygen atoms in total. The summed E-state index contributed by atoms with van der Waals surface area (Å²) >= 11 is 2.03. The van der Waals surface area contributed by atoms with Gasteiger partial charge >= 0.3 is 6.09 Å². The summed E-state index contributed by atoms with van der Waals surface area (Å²) in [6, 6.07) is 0.855. The fraction of sp³-hybridized carbons (Fsp3) is 0.944. The molecule has 0 bridgehead atoms. The van der Waals surface area contributed by atoms with Crippen molar-refractivity contribution in [3.8, 4) is 0 Å². The van der Waals surface area contributed by atoms with E-state index in [1.807, 2.05) is 32.5 Å². The van der Waals surface area contributed by atoms with Gasteiger partial charge in [-0.1, -0.05) is 33.6 Å². The second kappa shape index (κ2) is 9.16. The number of hydrogen-bond acceptors (Lipinski definition) is 4. The molecule has 5 heteroatoms. The molecule has 1 amide bonds. The highest BCUT2D eigenvalue weighted by Crippen LogP contribution is 2.33. The number of ether oxygens (including phenoxy) is 1. The Morgan fingerprint density at radius 3 is 2.65 bits per heavy atom. The van der Waals surface area contributed by atoms with Gasteiger partial charge in [0.2, 0.25) is 0 Å². The van der Waals surface area contributed by atoms with Crippen LogP contribution in [0.5, 0.6) is 0 Å². The van der Waals surface area contributed by atoms with Crippen molar-refractivity contribution < 1.29 is 9.53 Å². The Labute approximate surface area is 146 Å². The van der Waals surface area contributed by atoms with Gasteiger partial charge in [-0.05, 0) is 44.8 Å². The molecular formula is C18H36N2O2S. The van der Waals surface area contributed by atoms with Gasteiger partial charge in [0.15, 0.2) is 0 Å². The zero-order valence-electron chi connectivity index (χ0n) is 15.8. The van der Waals surface area contributed by atoms with Crippen molar-refractivity contribution in [1.29, 1.82) is 0 Å². The first-order valence-corrected chi connectivity index (χ1v) is 10.1. The van der Waals surface area contributed by atoms with Gasteiger partial charge in [-0.3, -0.25) is 0 Å². The maximum atomic E-state index is 11.9. The summed E-state index contributed by atoms with van der Waals surface area (Å²) in [6.07, 6.45) is 4.33. The summed E-state index contributed by atoms with van der Waals surface area (Å²) in [6.45, 7) is 13.2. The molecule has 0 radical (unpaired) electrons. The number of amides is 1. The predicted octanol–water partition coefficient (Wildman–Crippen LogP) is 4.19. The van der Waals surface area contributed by atoms with E-state index < -0.39 is 5.60 Å². The van der Waals surface area contributed by atoms with E-state index in [0.29, 0.717) is 24.0 Å². The van der Waals surface area contributed by atoms with Crippen molar-refractivity contribution in [1.82, 2.24) is 10.6 Å². The first-order chi connectivity index (χ1) is 10.6. The van der Waals surface area contributed by atoms with E-state index in [0.717, 1.165) is 6.42 Å². The number of carbonyl (C=O) groups excluding carboxylic acids is 1. The van der Waals surface area contributed by atoms with Crippen molar-refractivity contribution in [3.63, 3.8) is 0 Å². The maximum Gasteiger partial charge on any atom is 0.407 e. The molecule has 0 aromatic rings. The molecule has 0 aromatic heterocycles. The van der Waals surface area contributed by atoms with E-state index in [4.69, 9.17) is 4.74 Å². The lowest BCUT2D eigenvalue weighted by Gasteiger charge is -2.37. The van der Waals surface area contributed by atoms with Gasteiger partial charge in [0, 0.05) is 24.4 Å². The summed E-state index contributed by atoms with van der Waals surface area (Å²) in [4.78, 5) is 11.9. The number of thioether (sulfide) groups is 1. The van der Waals surface area contributed by atoms with Crippen LogP contribution >= 0.6 is 11.8 Å². The second-order valence-electron chi connectivity index (χ2n) is 8.47. The Bertz CT molecular complexity index is 367. The van der Waals surface area contributed by atoms with E-state index in [9.17, 15) is 4.79 Å². The highest BCUT2D eigenvalue weighted by molar-refractivity contribution is 7.99. The normalized spacial score (nSPS) is 22.4. The van der Waals surface area contributed by atoms with Crippen molar-refractivity contribution in [2.24, 2.45) is 5.41 Å². The van der Waals surface area contributed by atoms with Crippen molar-refractivity contribution >= 4 is 17.9 Å². The van der Waals surface area contributed by atoms with Crippen LogP contribution in [-0.4, -0.2) is 41.8 Å². The van der Waals surface area contributed by atoms with Crippen LogP contribution in [0.3, 0.4) is 0 Å². The van der Waals surface area contributed by atoms with Gasteiger partial charge in [0.1, 0.15) is 5.60 Å². The highest BCUT2D eigenvalue weighted by Gasteiger charge is 2.29. The first-order valence-electron chi connectivity index (χ1n) is 8.92. The van der Waals surface area contributed by atoms with Crippen LogP contribution in [0.25, 0.3) is 0 Å². The third-order valence-electron chi connectivity index (χ3n) is 3.88. The van der Waals surface area contributed by atoms with Crippen molar-refractivity contribution in [3.05, 3.63) is 0 Å². The van der Waals surface area contributed by atoms with E-state index in [-0.39, 0.29) is 6.09 Å². The van der Waals surface area contributed by atoms with E-state index >= 15 is 0 Å². The van der Waals surface area contributed by atoms with Crippen LogP contribution in [0, 0.1) is 5.41 Å². The largest absolute Gasteiger partial charge is 0.444 e. The number of nitrogens with one attached hydrogen (secondary N) is 2. The Balaban J connectivity index is 2.47. The lowest BCUT2D eigenvalue weighted by atomic mass is 9.87. The summed E-state index contributed by atoms with van der Waals surface area (Å²) in [5.41, 5.74) is -0.0467. The zero-order valence-corrected chi connectivity index (χ0v) is 16.6. The minimum absolute atomic E-state index is 0.320. The number of carbonyl (C=O) groups is 1. The Kier molecular flexibility index (Phi) is 8.22. The van der Waals surface area contributed by atoms with Crippen LogP contribution in [0.4, 0.5) is 4.79 Å². The van der Waals surface area contributed by atoms with E-state index in [1.165, 1.54) is 30.8 Å². The van der Waals surface area contributed by atoms with Crippen LogP contribution in [0.15, 0.2) is 0 Å². The third kappa shape index (κ3) is 9.46. The van der Waals surface area contributed by atoms with Gasteiger partial charge in [0.05, 0.1) is 0 Å². The minimum atomic E-state index is -0.444. The summed E-state index contributed by atoms with van der Waals surface area (Å²) < 4.78 is 5.33. The Morgan fingerprint density at radius 2 is 2.09 bits per heavy atom. The molecule has 23 heavy (non-hydrogen) atoms. The van der Waals surface area contributed by atoms with Gasteiger partial charge in [-0.15, -0.1) is 0 Å². The van der Waals surface area contributed by atoms with Crippen LogP contribution in [-0.2, 0) is 4.74 Å². The average molecular weight is 345 g/mol. The van der Waals surface area contributed by atoms with Crippen molar-refractivity contribution in [2.45, 2.75) is 84.9 Å². The number of hydrogen-bond donors (Lipinski definition) is 2. The van der Waals surface area contributed by atoms with Crippen LogP contribution < -0.4 is 10.6 Å². The summed E-state index contributed by atoms with van der Waals surface area (Å²) in [7, 11) is 0. The molecule has 1 aliphatic heterocycles. The molecule has 0 aliphatic carbocycles. The molecule has 136 valence electrons. The van der Waals surface area contributed by atoms with E-state index in [2.05, 4.69) is 31.4 Å². The smallest absolute Gasteiger partial charge is 0.407 e. The number of alkyl carbamates (subject to hydrolysis) is 1. The number of rotatable bonds is 7. The molecule has 2 atom stereocenters. The third-order valence-corrected chi connectivity index (χ3v) is 5.50. The standard InChI is InChI=1S/C18H36N2O2S/c1-7-8-9-14(11-19-16(21)22-17(2,3)4)20-15-10-18(5,6)13-23-12-15/h14-15,20H,7-13H2,1-6H3,(H,19,21). The maximum absolute atomic E-state index is 11.9. The van der Waals surface area contributed by atoms with Gasteiger partial charge in [-0.2, -0.15) is 11.8 Å². The molecule has 1 rings (SSSR count). The van der Waals surface area contributed by atoms with Crippen LogP contribution in [0.1, 0.15) is 67.2 Å². The van der Waals surface area contributed by atoms with E-state index in [1.54, 1.807) is 0 Å². The lowest BCUT2D eigenvalue weighted by molar-refractivity contribution is 0.0520.